The SMILES string of the molecule is CC(C)Oc1ccccc1Nc1cc(F)cc(F)c1. The maximum absolute atomic E-state index is 13.1. The van der Waals surface area contributed by atoms with Gasteiger partial charge in [0.1, 0.15) is 17.4 Å². The smallest absolute Gasteiger partial charge is 0.143 e. The van der Waals surface area contributed by atoms with E-state index in [0.717, 1.165) is 6.07 Å². The molecule has 2 aromatic carbocycles. The molecule has 0 aliphatic heterocycles. The van der Waals surface area contributed by atoms with Gasteiger partial charge in [-0.1, -0.05) is 12.1 Å². The minimum atomic E-state index is -0.621. The van der Waals surface area contributed by atoms with Crippen molar-refractivity contribution in [2.24, 2.45) is 0 Å². The average Bonchev–Trinajstić information content (AvgIpc) is 2.29. The number of rotatable bonds is 4. The Kier molecular flexibility index (Phi) is 4.00. The molecule has 0 amide bonds. The number of halogens is 2. The fraction of sp³-hybridized carbons (Fsp3) is 0.200. The van der Waals surface area contributed by atoms with Gasteiger partial charge < -0.3 is 10.1 Å². The van der Waals surface area contributed by atoms with Crippen molar-refractivity contribution in [1.82, 2.24) is 0 Å². The first kappa shape index (κ1) is 13.3. The number of nitrogens with one attached hydrogen (secondary N) is 1. The Hall–Kier alpha value is -2.10. The average molecular weight is 263 g/mol. The molecule has 0 unspecified atom stereocenters. The molecule has 0 radical (unpaired) electrons. The molecule has 0 aliphatic carbocycles. The zero-order chi connectivity index (χ0) is 13.8. The van der Waals surface area contributed by atoms with Crippen molar-refractivity contribution in [3.63, 3.8) is 0 Å². The summed E-state index contributed by atoms with van der Waals surface area (Å²) in [6.45, 7) is 3.83. The van der Waals surface area contributed by atoms with Crippen molar-refractivity contribution >= 4 is 11.4 Å². The third kappa shape index (κ3) is 3.68. The lowest BCUT2D eigenvalue weighted by Gasteiger charge is -2.15. The lowest BCUT2D eigenvalue weighted by atomic mass is 10.2. The summed E-state index contributed by atoms with van der Waals surface area (Å²) >= 11 is 0. The van der Waals surface area contributed by atoms with Crippen LogP contribution in [0.3, 0.4) is 0 Å². The summed E-state index contributed by atoms with van der Waals surface area (Å²) in [5, 5.41) is 2.95. The largest absolute Gasteiger partial charge is 0.489 e. The number of benzene rings is 2. The van der Waals surface area contributed by atoms with E-state index in [9.17, 15) is 8.78 Å². The van der Waals surface area contributed by atoms with Gasteiger partial charge in [-0.2, -0.15) is 0 Å². The Bertz CT molecular complexity index is 550. The first-order valence-corrected chi connectivity index (χ1v) is 6.03. The molecular weight excluding hydrogens is 248 g/mol. The Morgan fingerprint density at radius 3 is 2.26 bits per heavy atom. The molecule has 0 saturated heterocycles. The van der Waals surface area contributed by atoms with E-state index in [2.05, 4.69) is 5.32 Å². The minimum Gasteiger partial charge on any atom is -0.489 e. The first-order chi connectivity index (χ1) is 9.04. The molecule has 0 heterocycles. The van der Waals surface area contributed by atoms with E-state index in [-0.39, 0.29) is 6.10 Å². The van der Waals surface area contributed by atoms with Crippen molar-refractivity contribution in [2.45, 2.75) is 20.0 Å². The van der Waals surface area contributed by atoms with Crippen LogP contribution in [0.25, 0.3) is 0 Å². The van der Waals surface area contributed by atoms with Gasteiger partial charge in [0.2, 0.25) is 0 Å². The highest BCUT2D eigenvalue weighted by Crippen LogP contribution is 2.28. The standard InChI is InChI=1S/C15H15F2NO/c1-10(2)19-15-6-4-3-5-14(15)18-13-8-11(16)7-12(17)9-13/h3-10,18H,1-2H3. The van der Waals surface area contributed by atoms with Gasteiger partial charge in [-0.3, -0.25) is 0 Å². The predicted molar refractivity (Wildman–Crippen MR) is 71.8 cm³/mol. The van der Waals surface area contributed by atoms with Crippen molar-refractivity contribution in [3.8, 4) is 5.75 Å². The Balaban J connectivity index is 2.27. The molecule has 0 aromatic heterocycles. The van der Waals surface area contributed by atoms with E-state index >= 15 is 0 Å². The second kappa shape index (κ2) is 5.69. The number of anilines is 2. The normalized spacial score (nSPS) is 10.6. The van der Waals surface area contributed by atoms with Gasteiger partial charge in [-0.05, 0) is 38.1 Å². The van der Waals surface area contributed by atoms with Crippen molar-refractivity contribution in [1.29, 1.82) is 0 Å². The quantitative estimate of drug-likeness (QED) is 0.877. The van der Waals surface area contributed by atoms with Gasteiger partial charge in [0.15, 0.2) is 0 Å². The Labute approximate surface area is 111 Å². The number of hydrogen-bond acceptors (Lipinski definition) is 2. The summed E-state index contributed by atoms with van der Waals surface area (Å²) in [5.74, 6) is -0.600. The minimum absolute atomic E-state index is 0.0206. The maximum Gasteiger partial charge on any atom is 0.143 e. The first-order valence-electron chi connectivity index (χ1n) is 6.03. The molecule has 100 valence electrons. The summed E-state index contributed by atoms with van der Waals surface area (Å²) in [6.07, 6.45) is 0.0206. The van der Waals surface area contributed by atoms with Gasteiger partial charge in [0, 0.05) is 11.8 Å². The lowest BCUT2D eigenvalue weighted by molar-refractivity contribution is 0.244. The zero-order valence-electron chi connectivity index (χ0n) is 10.8. The predicted octanol–water partition coefficient (Wildman–Crippen LogP) is 4.50. The summed E-state index contributed by atoms with van der Waals surface area (Å²) < 4.78 is 31.9. The molecule has 0 saturated carbocycles. The summed E-state index contributed by atoms with van der Waals surface area (Å²) in [6, 6.07) is 10.6. The highest BCUT2D eigenvalue weighted by molar-refractivity contribution is 5.66. The van der Waals surface area contributed by atoms with E-state index in [4.69, 9.17) is 4.74 Å². The second-order valence-corrected chi connectivity index (χ2v) is 4.45. The van der Waals surface area contributed by atoms with Gasteiger partial charge in [0.05, 0.1) is 11.8 Å². The number of hydrogen-bond donors (Lipinski definition) is 1. The Morgan fingerprint density at radius 2 is 1.63 bits per heavy atom. The van der Waals surface area contributed by atoms with Crippen LogP contribution in [0.2, 0.25) is 0 Å². The van der Waals surface area contributed by atoms with E-state index < -0.39 is 11.6 Å². The molecule has 2 nitrogen and oxygen atoms in total. The monoisotopic (exact) mass is 263 g/mol. The molecule has 1 N–H and O–H groups in total. The molecule has 0 atom stereocenters. The van der Waals surface area contributed by atoms with Gasteiger partial charge in [-0.25, -0.2) is 8.78 Å². The fourth-order valence-corrected chi connectivity index (χ4v) is 1.71. The molecule has 2 rings (SSSR count). The fourth-order valence-electron chi connectivity index (χ4n) is 1.71. The Morgan fingerprint density at radius 1 is 1.00 bits per heavy atom. The molecule has 0 spiro atoms. The van der Waals surface area contributed by atoms with E-state index in [1.54, 1.807) is 12.1 Å². The van der Waals surface area contributed by atoms with Crippen molar-refractivity contribution < 1.29 is 13.5 Å². The highest BCUT2D eigenvalue weighted by atomic mass is 19.1. The zero-order valence-corrected chi connectivity index (χ0v) is 10.8. The molecule has 0 fully saturated rings. The van der Waals surface area contributed by atoms with Crippen LogP contribution >= 0.6 is 0 Å². The van der Waals surface area contributed by atoms with Crippen LogP contribution in [0, 0.1) is 11.6 Å². The summed E-state index contributed by atoms with van der Waals surface area (Å²) in [5.41, 5.74) is 1.01. The third-order valence-electron chi connectivity index (χ3n) is 2.39. The van der Waals surface area contributed by atoms with Crippen LogP contribution < -0.4 is 10.1 Å². The molecule has 0 aliphatic rings. The molecule has 19 heavy (non-hydrogen) atoms. The summed E-state index contributed by atoms with van der Waals surface area (Å²) in [7, 11) is 0. The van der Waals surface area contributed by atoms with Crippen molar-refractivity contribution in [2.75, 3.05) is 5.32 Å². The van der Waals surface area contributed by atoms with Crippen LogP contribution in [0.5, 0.6) is 5.75 Å². The number of para-hydroxylation sites is 2. The highest BCUT2D eigenvalue weighted by Gasteiger charge is 2.07. The third-order valence-corrected chi connectivity index (χ3v) is 2.39. The van der Waals surface area contributed by atoms with Gasteiger partial charge in [0.25, 0.3) is 0 Å². The van der Waals surface area contributed by atoms with E-state index in [0.29, 0.717) is 17.1 Å². The van der Waals surface area contributed by atoms with Crippen LogP contribution in [0.1, 0.15) is 13.8 Å². The van der Waals surface area contributed by atoms with E-state index in [1.807, 2.05) is 26.0 Å². The van der Waals surface area contributed by atoms with E-state index in [1.165, 1.54) is 12.1 Å². The van der Waals surface area contributed by atoms with Crippen LogP contribution in [-0.2, 0) is 0 Å². The van der Waals surface area contributed by atoms with Crippen molar-refractivity contribution in [3.05, 3.63) is 54.1 Å². The molecule has 2 aromatic rings. The topological polar surface area (TPSA) is 21.3 Å². The maximum atomic E-state index is 13.1. The molecule has 0 bridgehead atoms. The van der Waals surface area contributed by atoms with Crippen LogP contribution in [0.4, 0.5) is 20.2 Å². The van der Waals surface area contributed by atoms with Crippen LogP contribution in [-0.4, -0.2) is 6.10 Å². The molecular formula is C15H15F2NO. The number of ether oxygens (including phenoxy) is 1. The molecule has 4 heteroatoms. The van der Waals surface area contributed by atoms with Gasteiger partial charge in [-0.15, -0.1) is 0 Å². The summed E-state index contributed by atoms with van der Waals surface area (Å²) in [4.78, 5) is 0. The lowest BCUT2D eigenvalue weighted by Crippen LogP contribution is -2.07. The second-order valence-electron chi connectivity index (χ2n) is 4.45. The van der Waals surface area contributed by atoms with Crippen LogP contribution in [0.15, 0.2) is 42.5 Å². The van der Waals surface area contributed by atoms with Gasteiger partial charge >= 0.3 is 0 Å².